The van der Waals surface area contributed by atoms with Gasteiger partial charge in [-0.3, -0.25) is 15.3 Å². The smallest absolute Gasteiger partial charge is 0.213 e. The van der Waals surface area contributed by atoms with E-state index < -0.39 is 10.0 Å². The van der Waals surface area contributed by atoms with Gasteiger partial charge in [-0.25, -0.2) is 12.7 Å². The van der Waals surface area contributed by atoms with Crippen molar-refractivity contribution in [3.8, 4) is 0 Å². The summed E-state index contributed by atoms with van der Waals surface area (Å²) < 4.78 is 34.0. The molecule has 2 aromatic rings. The van der Waals surface area contributed by atoms with Gasteiger partial charge in [-0.1, -0.05) is 24.3 Å². The Balaban J connectivity index is 1.52. The van der Waals surface area contributed by atoms with Crippen molar-refractivity contribution in [3.63, 3.8) is 0 Å². The van der Waals surface area contributed by atoms with Gasteiger partial charge < -0.3 is 9.30 Å². The van der Waals surface area contributed by atoms with Crippen LogP contribution in [0.3, 0.4) is 0 Å². The van der Waals surface area contributed by atoms with E-state index in [4.69, 9.17) is 9.73 Å². The topological polar surface area (TPSA) is 87.4 Å². The molecule has 35 heavy (non-hydrogen) atoms. The quantitative estimate of drug-likeness (QED) is 0.684. The molecule has 0 radical (unpaired) electrons. The summed E-state index contributed by atoms with van der Waals surface area (Å²) in [5, 5.41) is 12.4. The second-order valence-electron chi connectivity index (χ2n) is 9.54. The van der Waals surface area contributed by atoms with Crippen LogP contribution in [-0.2, 0) is 21.3 Å². The maximum atomic E-state index is 12.2. The Morgan fingerprint density at radius 2 is 1.89 bits per heavy atom. The summed E-state index contributed by atoms with van der Waals surface area (Å²) in [7, 11) is -3.16. The molecule has 0 amide bonds. The highest BCUT2D eigenvalue weighted by atomic mass is 32.2. The van der Waals surface area contributed by atoms with Gasteiger partial charge in [0.25, 0.3) is 0 Å². The summed E-state index contributed by atoms with van der Waals surface area (Å²) in [6.07, 6.45) is 4.36. The van der Waals surface area contributed by atoms with E-state index >= 15 is 0 Å². The molecule has 1 atom stereocenters. The second-order valence-corrected chi connectivity index (χ2v) is 11.8. The van der Waals surface area contributed by atoms with Crippen LogP contribution in [0.5, 0.6) is 0 Å². The van der Waals surface area contributed by atoms with E-state index in [1.54, 1.807) is 11.2 Å². The van der Waals surface area contributed by atoms with E-state index in [-0.39, 0.29) is 17.8 Å². The van der Waals surface area contributed by atoms with Crippen molar-refractivity contribution in [2.75, 3.05) is 32.1 Å². The molecule has 1 aromatic carbocycles. The molecule has 3 aliphatic rings. The molecule has 2 fully saturated rings. The molecular weight excluding hydrogens is 464 g/mol. The molecule has 5 rings (SSSR count). The van der Waals surface area contributed by atoms with Gasteiger partial charge in [0, 0.05) is 31.0 Å². The Kier molecular flexibility index (Phi) is 6.85. The summed E-state index contributed by atoms with van der Waals surface area (Å²) in [5.74, 6) is 0.136. The van der Waals surface area contributed by atoms with E-state index in [1.807, 2.05) is 24.3 Å². The van der Waals surface area contributed by atoms with Gasteiger partial charge in [-0.15, -0.1) is 0 Å². The lowest BCUT2D eigenvalue weighted by molar-refractivity contribution is -0.0385. The van der Waals surface area contributed by atoms with Crippen molar-refractivity contribution in [1.82, 2.24) is 13.9 Å². The number of rotatable bonds is 5. The maximum absolute atomic E-state index is 12.2. The van der Waals surface area contributed by atoms with Gasteiger partial charge in [-0.05, 0) is 62.4 Å². The van der Waals surface area contributed by atoms with Crippen molar-refractivity contribution in [2.45, 2.75) is 51.7 Å². The minimum atomic E-state index is -3.16. The van der Waals surface area contributed by atoms with E-state index in [9.17, 15) is 13.6 Å². The average Bonchev–Trinajstić information content (AvgIpc) is 3.39. The highest BCUT2D eigenvalue weighted by molar-refractivity contribution is 7.89. The molecule has 8 nitrogen and oxygen atoms in total. The lowest BCUT2D eigenvalue weighted by atomic mass is 9.99. The number of hydrogen-bond donors (Lipinski definition) is 1. The Hall–Kier alpha value is -2.46. The van der Waals surface area contributed by atoms with Gasteiger partial charge in [-0.2, -0.15) is 0 Å². The van der Waals surface area contributed by atoms with Gasteiger partial charge in [0.05, 0.1) is 36.7 Å². The molecule has 3 aliphatic heterocycles. The minimum absolute atomic E-state index is 0.0665. The largest absolute Gasteiger partial charge is 0.379 e. The molecular formula is C26H34N4O4S. The number of piperidine rings is 1. The summed E-state index contributed by atoms with van der Waals surface area (Å²) in [6, 6.07) is 12.4. The van der Waals surface area contributed by atoms with Crippen molar-refractivity contribution >= 4 is 21.8 Å². The van der Waals surface area contributed by atoms with Crippen LogP contribution in [0.25, 0.3) is 11.8 Å². The monoisotopic (exact) mass is 498 g/mol. The van der Waals surface area contributed by atoms with E-state index in [0.29, 0.717) is 45.7 Å². The first-order valence-electron chi connectivity index (χ1n) is 12.5. The summed E-state index contributed by atoms with van der Waals surface area (Å²) >= 11 is 0. The number of benzene rings is 1. The molecule has 1 unspecified atom stereocenters. The molecule has 0 saturated carbocycles. The van der Waals surface area contributed by atoms with E-state index in [1.165, 1.54) is 5.06 Å². The third kappa shape index (κ3) is 4.82. The zero-order valence-corrected chi connectivity index (χ0v) is 21.2. The zero-order valence-electron chi connectivity index (χ0n) is 20.4. The molecule has 9 heteroatoms. The maximum Gasteiger partial charge on any atom is 0.213 e. The number of nitrogens with zero attached hydrogens (tertiary/aromatic N) is 4. The molecule has 4 heterocycles. The van der Waals surface area contributed by atoms with E-state index in [0.717, 1.165) is 40.0 Å². The zero-order chi connectivity index (χ0) is 24.6. The summed E-state index contributed by atoms with van der Waals surface area (Å²) in [4.78, 5) is 5.09. The Morgan fingerprint density at radius 1 is 1.11 bits per heavy atom. The van der Waals surface area contributed by atoms with Crippen LogP contribution in [0.15, 0.2) is 41.4 Å². The van der Waals surface area contributed by atoms with Crippen LogP contribution < -0.4 is 5.49 Å². The highest BCUT2D eigenvalue weighted by Gasteiger charge is 2.29. The third-order valence-corrected chi connectivity index (χ3v) is 9.22. The van der Waals surface area contributed by atoms with Crippen LogP contribution in [0, 0.1) is 6.92 Å². The average molecular weight is 499 g/mol. The van der Waals surface area contributed by atoms with Crippen LogP contribution in [0.1, 0.15) is 54.6 Å². The second kappa shape index (κ2) is 9.89. The van der Waals surface area contributed by atoms with Crippen LogP contribution in [-0.4, -0.2) is 65.7 Å². The standard InChI is InChI=1S/C26H34N4O4S/c1-3-35(32,33)28-13-10-21(11-14-28)27-26-9-8-20-16-24(23-7-5-4-6-19(23)2)29(31)17-25(20)30(26)22-12-15-34-18-22/h4-9,16,21-22,31H,3,10-15,17-18H2,1-2H3. The van der Waals surface area contributed by atoms with Crippen LogP contribution in [0.2, 0.25) is 0 Å². The number of aryl methyl sites for hydroxylation is 1. The predicted octanol–water partition coefficient (Wildman–Crippen LogP) is 3.18. The van der Waals surface area contributed by atoms with Gasteiger partial charge in [0.2, 0.25) is 10.0 Å². The normalized spacial score (nSPS) is 22.4. The van der Waals surface area contributed by atoms with Crippen molar-refractivity contribution in [1.29, 1.82) is 0 Å². The molecule has 2 saturated heterocycles. The molecule has 0 spiro atoms. The number of hydroxylamine groups is 2. The van der Waals surface area contributed by atoms with Crippen molar-refractivity contribution < 1.29 is 18.4 Å². The number of fused-ring (bicyclic) bond motifs is 1. The third-order valence-electron chi connectivity index (χ3n) is 7.34. The van der Waals surface area contributed by atoms with Crippen LogP contribution in [0.4, 0.5) is 0 Å². The molecule has 1 N–H and O–H groups in total. The number of pyridine rings is 1. The van der Waals surface area contributed by atoms with Gasteiger partial charge >= 0.3 is 0 Å². The van der Waals surface area contributed by atoms with Crippen molar-refractivity contribution in [3.05, 3.63) is 64.3 Å². The fourth-order valence-corrected chi connectivity index (χ4v) is 6.43. The number of aromatic nitrogens is 1. The lowest BCUT2D eigenvalue weighted by Crippen LogP contribution is -2.41. The summed E-state index contributed by atoms with van der Waals surface area (Å²) in [5.41, 5.74) is 5.88. The van der Waals surface area contributed by atoms with Gasteiger partial charge in [0.1, 0.15) is 5.49 Å². The molecule has 188 valence electrons. The SMILES string of the molecule is CCS(=O)(=O)N1CCC(N=c2ccc3c(n2C2CCOC2)CN(O)C(c2ccccc2C)=C3)CC1. The number of sulfonamides is 1. The summed E-state index contributed by atoms with van der Waals surface area (Å²) in [6.45, 7) is 6.45. The number of ether oxygens (including phenoxy) is 1. The Bertz CT molecular complexity index is 1290. The fourth-order valence-electron chi connectivity index (χ4n) is 5.30. The molecule has 0 bridgehead atoms. The Labute approximate surface area is 207 Å². The predicted molar refractivity (Wildman–Crippen MR) is 135 cm³/mol. The lowest BCUT2D eigenvalue weighted by Gasteiger charge is -2.32. The number of hydrogen-bond acceptors (Lipinski definition) is 6. The Morgan fingerprint density at radius 3 is 2.57 bits per heavy atom. The first-order chi connectivity index (χ1) is 16.9. The first-order valence-corrected chi connectivity index (χ1v) is 14.1. The van der Waals surface area contributed by atoms with Crippen molar-refractivity contribution in [2.24, 2.45) is 4.99 Å². The fraction of sp³-hybridized carbons (Fsp3) is 0.500. The highest BCUT2D eigenvalue weighted by Crippen LogP contribution is 2.32. The van der Waals surface area contributed by atoms with Crippen LogP contribution >= 0.6 is 0 Å². The van der Waals surface area contributed by atoms with E-state index in [2.05, 4.69) is 29.7 Å². The van der Waals surface area contributed by atoms with Gasteiger partial charge in [0.15, 0.2) is 0 Å². The molecule has 1 aromatic heterocycles. The molecule has 0 aliphatic carbocycles. The minimum Gasteiger partial charge on any atom is -0.379 e. The first kappa shape index (κ1) is 24.2.